The highest BCUT2D eigenvalue weighted by Gasteiger charge is 2.63. The molecular formula is C30H29NO3. The molecule has 1 heterocycles. The number of carbonyl (C=O) groups excluding carboxylic acids is 2. The molecule has 172 valence electrons. The zero-order chi connectivity index (χ0) is 23.5. The predicted molar refractivity (Wildman–Crippen MR) is 133 cm³/mol. The summed E-state index contributed by atoms with van der Waals surface area (Å²) in [4.78, 5) is 27.6. The zero-order valence-corrected chi connectivity index (χ0v) is 19.3. The fourth-order valence-electron chi connectivity index (χ4n) is 5.98. The standard InChI is InChI=1S/C30H29NO3/c1-34-29(33)26-25(22-14-7-3-8-15-22)30(27(31-26)23-16-9-4-10-17-23)19-11-18-24(28(30)32)20-21-12-5-2-6-13-21/h2-10,12-17,20,25-27,31H,11,18-19H2,1H3/b24-20+. The maximum Gasteiger partial charge on any atom is 0.323 e. The quantitative estimate of drug-likeness (QED) is 0.422. The first kappa shape index (κ1) is 22.3. The maximum atomic E-state index is 14.5. The van der Waals surface area contributed by atoms with E-state index in [1.165, 1.54) is 7.11 Å². The first-order valence-electron chi connectivity index (χ1n) is 11.9. The summed E-state index contributed by atoms with van der Waals surface area (Å²) in [7, 11) is 1.41. The Bertz CT molecular complexity index is 1190. The number of benzene rings is 3. The summed E-state index contributed by atoms with van der Waals surface area (Å²) >= 11 is 0. The van der Waals surface area contributed by atoms with Gasteiger partial charge in [0, 0.05) is 12.0 Å². The van der Waals surface area contributed by atoms with Crippen LogP contribution in [0.1, 0.15) is 47.9 Å². The second kappa shape index (κ2) is 9.40. The van der Waals surface area contributed by atoms with Gasteiger partial charge in [0.2, 0.25) is 0 Å². The number of esters is 1. The summed E-state index contributed by atoms with van der Waals surface area (Å²) in [6.45, 7) is 0. The van der Waals surface area contributed by atoms with E-state index < -0.39 is 11.5 Å². The smallest absolute Gasteiger partial charge is 0.323 e. The average molecular weight is 452 g/mol. The molecule has 1 saturated heterocycles. The van der Waals surface area contributed by atoms with Crippen molar-refractivity contribution in [2.24, 2.45) is 5.41 Å². The predicted octanol–water partition coefficient (Wildman–Crippen LogP) is 5.48. The Hall–Kier alpha value is -3.50. The molecule has 4 atom stereocenters. The lowest BCUT2D eigenvalue weighted by Crippen LogP contribution is -2.44. The van der Waals surface area contributed by atoms with E-state index in [0.717, 1.165) is 35.1 Å². The minimum absolute atomic E-state index is 0.129. The number of Topliss-reactive ketones (excluding diaryl/α,β-unsaturated/α-hetero) is 1. The molecule has 0 aromatic heterocycles. The van der Waals surface area contributed by atoms with Crippen LogP contribution in [0.5, 0.6) is 0 Å². The van der Waals surface area contributed by atoms with Crippen molar-refractivity contribution in [1.82, 2.24) is 5.32 Å². The molecule has 3 aromatic rings. The Morgan fingerprint density at radius 1 is 0.912 bits per heavy atom. The maximum absolute atomic E-state index is 14.5. The van der Waals surface area contributed by atoms with Crippen molar-refractivity contribution in [3.05, 3.63) is 113 Å². The van der Waals surface area contributed by atoms with Gasteiger partial charge in [0.1, 0.15) is 6.04 Å². The van der Waals surface area contributed by atoms with E-state index in [1.807, 2.05) is 97.1 Å². The van der Waals surface area contributed by atoms with Gasteiger partial charge < -0.3 is 4.74 Å². The minimum atomic E-state index is -0.791. The van der Waals surface area contributed by atoms with Crippen LogP contribution in [0, 0.1) is 5.41 Å². The van der Waals surface area contributed by atoms with Gasteiger partial charge in [-0.3, -0.25) is 14.9 Å². The molecule has 4 unspecified atom stereocenters. The second-order valence-corrected chi connectivity index (χ2v) is 9.20. The third-order valence-corrected chi connectivity index (χ3v) is 7.39. The fourth-order valence-corrected chi connectivity index (χ4v) is 5.98. The average Bonchev–Trinajstić information content (AvgIpc) is 3.23. The number of carbonyl (C=O) groups is 2. The highest BCUT2D eigenvalue weighted by atomic mass is 16.5. The molecule has 34 heavy (non-hydrogen) atoms. The second-order valence-electron chi connectivity index (χ2n) is 9.20. The highest BCUT2D eigenvalue weighted by molar-refractivity contribution is 6.06. The highest BCUT2D eigenvalue weighted by Crippen LogP contribution is 2.59. The Kier molecular flexibility index (Phi) is 6.16. The van der Waals surface area contributed by atoms with Crippen LogP contribution in [0.4, 0.5) is 0 Å². The van der Waals surface area contributed by atoms with Gasteiger partial charge in [-0.15, -0.1) is 0 Å². The summed E-state index contributed by atoms with van der Waals surface area (Å²) in [5.41, 5.74) is 3.06. The molecule has 2 fully saturated rings. The van der Waals surface area contributed by atoms with Crippen LogP contribution in [0.2, 0.25) is 0 Å². The van der Waals surface area contributed by atoms with Crippen LogP contribution < -0.4 is 5.32 Å². The van der Waals surface area contributed by atoms with E-state index >= 15 is 0 Å². The van der Waals surface area contributed by atoms with Crippen LogP contribution in [0.25, 0.3) is 6.08 Å². The third-order valence-electron chi connectivity index (χ3n) is 7.39. The molecule has 4 nitrogen and oxygen atoms in total. The molecule has 3 aromatic carbocycles. The van der Waals surface area contributed by atoms with Gasteiger partial charge >= 0.3 is 5.97 Å². The van der Waals surface area contributed by atoms with E-state index in [-0.39, 0.29) is 23.7 Å². The summed E-state index contributed by atoms with van der Waals surface area (Å²) in [5, 5.41) is 3.56. The van der Waals surface area contributed by atoms with Gasteiger partial charge in [0.15, 0.2) is 5.78 Å². The molecular weight excluding hydrogens is 422 g/mol. The van der Waals surface area contributed by atoms with E-state index in [2.05, 4.69) is 5.32 Å². The molecule has 2 aliphatic rings. The van der Waals surface area contributed by atoms with Crippen molar-refractivity contribution in [3.8, 4) is 0 Å². The molecule has 4 heteroatoms. The van der Waals surface area contributed by atoms with Crippen LogP contribution in [0.15, 0.2) is 96.6 Å². The van der Waals surface area contributed by atoms with Crippen LogP contribution >= 0.6 is 0 Å². The van der Waals surface area contributed by atoms with Gasteiger partial charge in [-0.25, -0.2) is 0 Å². The lowest BCUT2D eigenvalue weighted by Gasteiger charge is -2.42. The molecule has 5 rings (SSSR count). The van der Waals surface area contributed by atoms with Gasteiger partial charge in [0.05, 0.1) is 12.5 Å². The molecule has 0 radical (unpaired) electrons. The van der Waals surface area contributed by atoms with Crippen molar-refractivity contribution in [1.29, 1.82) is 0 Å². The number of ether oxygens (including phenoxy) is 1. The van der Waals surface area contributed by atoms with Crippen LogP contribution in [-0.4, -0.2) is 24.9 Å². The Morgan fingerprint density at radius 2 is 1.50 bits per heavy atom. The van der Waals surface area contributed by atoms with Crippen molar-refractivity contribution in [3.63, 3.8) is 0 Å². The van der Waals surface area contributed by atoms with E-state index in [9.17, 15) is 9.59 Å². The van der Waals surface area contributed by atoms with Gasteiger partial charge in [-0.2, -0.15) is 0 Å². The number of hydrogen-bond donors (Lipinski definition) is 1. The van der Waals surface area contributed by atoms with E-state index in [1.54, 1.807) is 0 Å². The lowest BCUT2D eigenvalue weighted by molar-refractivity contribution is -0.143. The summed E-state index contributed by atoms with van der Waals surface area (Å²) < 4.78 is 5.23. The molecule has 0 bridgehead atoms. The Labute approximate surface area is 200 Å². The van der Waals surface area contributed by atoms with Crippen molar-refractivity contribution < 1.29 is 14.3 Å². The first-order chi connectivity index (χ1) is 16.6. The number of methoxy groups -OCH3 is 1. The molecule has 1 aliphatic heterocycles. The Balaban J connectivity index is 1.70. The number of allylic oxidation sites excluding steroid dienone is 1. The van der Waals surface area contributed by atoms with Crippen LogP contribution in [0.3, 0.4) is 0 Å². The molecule has 1 saturated carbocycles. The van der Waals surface area contributed by atoms with Crippen molar-refractivity contribution in [2.45, 2.75) is 37.3 Å². The normalized spacial score (nSPS) is 27.7. The van der Waals surface area contributed by atoms with Gasteiger partial charge in [-0.1, -0.05) is 91.0 Å². The molecule has 1 spiro atoms. The number of nitrogens with one attached hydrogen (secondary N) is 1. The van der Waals surface area contributed by atoms with E-state index in [4.69, 9.17) is 4.74 Å². The zero-order valence-electron chi connectivity index (χ0n) is 19.3. The largest absolute Gasteiger partial charge is 0.468 e. The number of rotatable bonds is 4. The monoisotopic (exact) mass is 451 g/mol. The van der Waals surface area contributed by atoms with Crippen molar-refractivity contribution in [2.75, 3.05) is 7.11 Å². The van der Waals surface area contributed by atoms with Crippen molar-refractivity contribution >= 4 is 17.8 Å². The third kappa shape index (κ3) is 3.78. The Morgan fingerprint density at radius 3 is 2.12 bits per heavy atom. The number of hydrogen-bond acceptors (Lipinski definition) is 4. The topological polar surface area (TPSA) is 55.4 Å². The summed E-state index contributed by atoms with van der Waals surface area (Å²) in [5.74, 6) is -0.541. The molecule has 0 amide bonds. The van der Waals surface area contributed by atoms with Crippen LogP contribution in [-0.2, 0) is 14.3 Å². The van der Waals surface area contributed by atoms with Gasteiger partial charge in [0.25, 0.3) is 0 Å². The minimum Gasteiger partial charge on any atom is -0.468 e. The SMILES string of the molecule is COC(=O)C1NC(c2ccccc2)C2(CCC/C(=C\c3ccccc3)C2=O)C1c1ccccc1. The van der Waals surface area contributed by atoms with E-state index in [0.29, 0.717) is 6.42 Å². The lowest BCUT2D eigenvalue weighted by atomic mass is 9.58. The summed E-state index contributed by atoms with van der Waals surface area (Å²) in [6.07, 6.45) is 4.35. The number of ketones is 1. The first-order valence-corrected chi connectivity index (χ1v) is 11.9. The van der Waals surface area contributed by atoms with Gasteiger partial charge in [-0.05, 0) is 47.6 Å². The molecule has 1 aliphatic carbocycles. The summed E-state index contributed by atoms with van der Waals surface area (Å²) in [6, 6.07) is 29.1. The molecule has 1 N–H and O–H groups in total. The fraction of sp³-hybridized carbons (Fsp3) is 0.267.